The first-order chi connectivity index (χ1) is 13.2. The van der Waals surface area contributed by atoms with E-state index in [0.29, 0.717) is 10.7 Å². The number of nitrogens with one attached hydrogen (secondary N) is 2. The molecule has 1 saturated heterocycles. The lowest BCUT2D eigenvalue weighted by Crippen LogP contribution is -2.31. The van der Waals surface area contributed by atoms with Gasteiger partial charge in [-0.25, -0.2) is 9.97 Å². The molecule has 1 fully saturated rings. The number of likely N-dealkylation sites (tertiary alicyclic amines) is 1. The molecule has 27 heavy (non-hydrogen) atoms. The number of rotatable bonds is 6. The van der Waals surface area contributed by atoms with Crippen molar-refractivity contribution in [1.82, 2.24) is 19.9 Å². The first-order valence-electron chi connectivity index (χ1n) is 9.45. The average Bonchev–Trinajstić information content (AvgIpc) is 3.10. The first kappa shape index (κ1) is 18.2. The molecule has 6 nitrogen and oxygen atoms in total. The van der Waals surface area contributed by atoms with Crippen LogP contribution in [0.15, 0.2) is 36.5 Å². The molecular weight excluding hydrogens is 362 g/mol. The van der Waals surface area contributed by atoms with E-state index in [0.717, 1.165) is 35.6 Å². The molecule has 7 heteroatoms. The van der Waals surface area contributed by atoms with Crippen LogP contribution >= 0.6 is 11.6 Å². The minimum absolute atomic E-state index is 0.619. The van der Waals surface area contributed by atoms with Crippen LogP contribution in [-0.4, -0.2) is 44.6 Å². The lowest BCUT2D eigenvalue weighted by molar-refractivity contribution is 0.209. The Kier molecular flexibility index (Phi) is 5.57. The van der Waals surface area contributed by atoms with Gasteiger partial charge in [-0.1, -0.05) is 24.1 Å². The van der Waals surface area contributed by atoms with E-state index in [2.05, 4.69) is 25.2 Å². The predicted molar refractivity (Wildman–Crippen MR) is 108 cm³/mol. The van der Waals surface area contributed by atoms with Crippen LogP contribution in [0.4, 0.5) is 5.69 Å². The summed E-state index contributed by atoms with van der Waals surface area (Å²) >= 11 is 6.02. The Labute approximate surface area is 163 Å². The van der Waals surface area contributed by atoms with Crippen LogP contribution in [0.2, 0.25) is 5.02 Å². The van der Waals surface area contributed by atoms with E-state index >= 15 is 0 Å². The molecule has 0 bridgehead atoms. The molecule has 0 amide bonds. The zero-order valence-corrected chi connectivity index (χ0v) is 15.9. The molecular formula is C20H24ClN5O. The number of halogens is 1. The van der Waals surface area contributed by atoms with E-state index in [1.807, 2.05) is 12.1 Å². The smallest absolute Gasteiger partial charge is 0.178 e. The number of aromatic amines is 1. The van der Waals surface area contributed by atoms with Crippen LogP contribution in [0.25, 0.3) is 11.2 Å². The van der Waals surface area contributed by atoms with Gasteiger partial charge in [0, 0.05) is 35.4 Å². The number of nitrogens with zero attached hydrogens (tertiary/aromatic N) is 3. The fourth-order valence-corrected chi connectivity index (χ4v) is 3.78. The highest BCUT2D eigenvalue weighted by molar-refractivity contribution is 6.30. The molecule has 1 aliphatic rings. The number of hydrogen-bond acceptors (Lipinski definition) is 5. The highest BCUT2D eigenvalue weighted by Crippen LogP contribution is 2.24. The Morgan fingerprint density at radius 2 is 2.07 bits per heavy atom. The van der Waals surface area contributed by atoms with Crippen molar-refractivity contribution in [2.45, 2.75) is 31.9 Å². The van der Waals surface area contributed by atoms with Gasteiger partial charge in [-0.05, 0) is 50.2 Å². The Morgan fingerprint density at radius 1 is 1.22 bits per heavy atom. The Balaban J connectivity index is 1.50. The number of pyridine rings is 1. The second kappa shape index (κ2) is 8.25. The summed E-state index contributed by atoms with van der Waals surface area (Å²) in [6, 6.07) is 9.09. The molecule has 0 radical (unpaired) electrons. The molecule has 2 aromatic heterocycles. The standard InChI is InChI=1S/C20H24ClN5O/c21-14-5-4-6-15(13-14)23-20(27)16-7-9-22-19-18(16)24-17(25-19)8-12-26-10-2-1-3-11-26/h4-7,9,13,20,23,27H,1-3,8,10-12H2,(H,22,24,25). The van der Waals surface area contributed by atoms with Crippen LogP contribution in [0.5, 0.6) is 0 Å². The summed E-state index contributed by atoms with van der Waals surface area (Å²) in [6.07, 6.45) is 5.56. The third-order valence-electron chi connectivity index (χ3n) is 5.01. The van der Waals surface area contributed by atoms with Crippen LogP contribution in [0.3, 0.4) is 0 Å². The van der Waals surface area contributed by atoms with Crippen molar-refractivity contribution in [1.29, 1.82) is 0 Å². The number of piperidine rings is 1. The van der Waals surface area contributed by atoms with Crippen molar-refractivity contribution in [3.63, 3.8) is 0 Å². The maximum absolute atomic E-state index is 10.7. The average molecular weight is 386 g/mol. The van der Waals surface area contributed by atoms with Crippen molar-refractivity contribution >= 4 is 28.5 Å². The minimum atomic E-state index is -0.885. The maximum atomic E-state index is 10.7. The van der Waals surface area contributed by atoms with Gasteiger partial charge >= 0.3 is 0 Å². The number of aromatic nitrogens is 3. The highest BCUT2D eigenvalue weighted by atomic mass is 35.5. The van der Waals surface area contributed by atoms with Crippen LogP contribution in [0.1, 0.15) is 36.9 Å². The largest absolute Gasteiger partial charge is 0.369 e. The topological polar surface area (TPSA) is 77.1 Å². The van der Waals surface area contributed by atoms with Crippen LogP contribution in [0, 0.1) is 0 Å². The molecule has 0 spiro atoms. The van der Waals surface area contributed by atoms with Gasteiger partial charge in [0.2, 0.25) is 0 Å². The van der Waals surface area contributed by atoms with E-state index in [1.54, 1.807) is 24.4 Å². The molecule has 1 unspecified atom stereocenters. The third kappa shape index (κ3) is 4.40. The number of aliphatic hydroxyl groups is 1. The first-order valence-corrected chi connectivity index (χ1v) is 9.83. The number of hydrogen-bond donors (Lipinski definition) is 3. The van der Waals surface area contributed by atoms with Gasteiger partial charge < -0.3 is 20.3 Å². The molecule has 0 saturated carbocycles. The fourth-order valence-electron chi connectivity index (χ4n) is 3.59. The zero-order chi connectivity index (χ0) is 18.6. The molecule has 3 heterocycles. The molecule has 4 rings (SSSR count). The quantitative estimate of drug-likeness (QED) is 0.563. The summed E-state index contributed by atoms with van der Waals surface area (Å²) < 4.78 is 0. The van der Waals surface area contributed by atoms with E-state index < -0.39 is 6.23 Å². The van der Waals surface area contributed by atoms with Crippen molar-refractivity contribution in [3.8, 4) is 0 Å². The summed E-state index contributed by atoms with van der Waals surface area (Å²) in [7, 11) is 0. The summed E-state index contributed by atoms with van der Waals surface area (Å²) in [4.78, 5) is 14.8. The van der Waals surface area contributed by atoms with Crippen molar-refractivity contribution < 1.29 is 5.11 Å². The molecule has 3 N–H and O–H groups in total. The lowest BCUT2D eigenvalue weighted by Gasteiger charge is -2.25. The highest BCUT2D eigenvalue weighted by Gasteiger charge is 2.16. The van der Waals surface area contributed by atoms with Gasteiger partial charge in [-0.15, -0.1) is 0 Å². The van der Waals surface area contributed by atoms with E-state index in [1.165, 1.54) is 32.4 Å². The Bertz CT molecular complexity index is 906. The van der Waals surface area contributed by atoms with Crippen molar-refractivity contribution in [2.75, 3.05) is 25.0 Å². The normalized spacial score (nSPS) is 16.5. The number of imidazole rings is 1. The fraction of sp³-hybridized carbons (Fsp3) is 0.400. The number of aliphatic hydroxyl groups excluding tert-OH is 1. The van der Waals surface area contributed by atoms with Crippen LogP contribution < -0.4 is 5.32 Å². The molecule has 1 aromatic carbocycles. The van der Waals surface area contributed by atoms with Gasteiger partial charge in [-0.2, -0.15) is 0 Å². The third-order valence-corrected chi connectivity index (χ3v) is 5.24. The summed E-state index contributed by atoms with van der Waals surface area (Å²) in [5, 5.41) is 14.4. The monoisotopic (exact) mass is 385 g/mol. The van der Waals surface area contributed by atoms with Gasteiger partial charge in [0.05, 0.1) is 5.52 Å². The maximum Gasteiger partial charge on any atom is 0.178 e. The molecule has 3 aromatic rings. The van der Waals surface area contributed by atoms with Gasteiger partial charge in [0.1, 0.15) is 5.82 Å². The number of benzene rings is 1. The summed E-state index contributed by atoms with van der Waals surface area (Å²) in [5.41, 5.74) is 2.88. The van der Waals surface area contributed by atoms with Crippen molar-refractivity contribution in [2.24, 2.45) is 0 Å². The zero-order valence-electron chi connectivity index (χ0n) is 15.2. The van der Waals surface area contributed by atoms with Gasteiger partial charge in [-0.3, -0.25) is 0 Å². The molecule has 1 aliphatic heterocycles. The lowest BCUT2D eigenvalue weighted by atomic mass is 10.1. The summed E-state index contributed by atoms with van der Waals surface area (Å²) in [5.74, 6) is 0.908. The van der Waals surface area contributed by atoms with E-state index in [9.17, 15) is 5.11 Å². The van der Waals surface area contributed by atoms with Gasteiger partial charge in [0.15, 0.2) is 11.9 Å². The Morgan fingerprint density at radius 3 is 2.89 bits per heavy atom. The van der Waals surface area contributed by atoms with Crippen LogP contribution in [-0.2, 0) is 6.42 Å². The molecule has 0 aliphatic carbocycles. The number of anilines is 1. The van der Waals surface area contributed by atoms with Gasteiger partial charge in [0.25, 0.3) is 0 Å². The molecule has 1 atom stereocenters. The second-order valence-corrected chi connectivity index (χ2v) is 7.43. The second-order valence-electron chi connectivity index (χ2n) is 6.99. The summed E-state index contributed by atoms with van der Waals surface area (Å²) in [6.45, 7) is 3.34. The number of H-pyrrole nitrogens is 1. The number of fused-ring (bicyclic) bond motifs is 1. The SMILES string of the molecule is OC(Nc1cccc(Cl)c1)c1ccnc2nc(CCN3CCCCC3)[nH]c12. The van der Waals surface area contributed by atoms with E-state index in [-0.39, 0.29) is 0 Å². The predicted octanol–water partition coefficient (Wildman–Crippen LogP) is 3.74. The van der Waals surface area contributed by atoms with Crippen molar-refractivity contribution in [3.05, 3.63) is 52.9 Å². The van der Waals surface area contributed by atoms with E-state index in [4.69, 9.17) is 11.6 Å². The Hall–Kier alpha value is -2.15. The minimum Gasteiger partial charge on any atom is -0.369 e. The molecule has 142 valence electrons.